The van der Waals surface area contributed by atoms with E-state index in [0.717, 1.165) is 6.42 Å². The number of ether oxygens (including phenoxy) is 1. The molecule has 0 aliphatic carbocycles. The third kappa shape index (κ3) is 5.06. The Morgan fingerprint density at radius 1 is 1.50 bits per heavy atom. The number of rotatable bonds is 6. The van der Waals surface area contributed by atoms with Crippen LogP contribution in [0.25, 0.3) is 0 Å². The van der Waals surface area contributed by atoms with E-state index in [2.05, 4.69) is 4.74 Å². The molecule has 0 aromatic carbocycles. The summed E-state index contributed by atoms with van der Waals surface area (Å²) in [5, 5.41) is 8.27. The number of alkyl halides is 3. The third-order valence-corrected chi connectivity index (χ3v) is 1.62. The molecule has 0 aromatic rings. The van der Waals surface area contributed by atoms with Crippen LogP contribution in [0.5, 0.6) is 0 Å². The molecule has 1 unspecified atom stereocenters. The van der Waals surface area contributed by atoms with Crippen molar-refractivity contribution in [1.82, 2.24) is 0 Å². The van der Waals surface area contributed by atoms with Gasteiger partial charge in [0.05, 0.1) is 6.61 Å². The standard InChI is InChI=1S/C8H13F3O3/c1-2-3-4-14-5-6(7(12)13)8(9,10)11/h6H,2-5H2,1H3,(H,12,13). The van der Waals surface area contributed by atoms with Crippen molar-refractivity contribution in [2.45, 2.75) is 25.9 Å². The average molecular weight is 214 g/mol. The first-order valence-electron chi connectivity index (χ1n) is 4.26. The molecule has 0 aromatic heterocycles. The molecule has 0 bridgehead atoms. The molecule has 0 saturated carbocycles. The summed E-state index contributed by atoms with van der Waals surface area (Å²) in [4.78, 5) is 10.2. The molecule has 1 atom stereocenters. The Bertz CT molecular complexity index is 179. The first-order chi connectivity index (χ1) is 6.39. The number of halogens is 3. The maximum absolute atomic E-state index is 12.0. The zero-order chi connectivity index (χ0) is 11.2. The first kappa shape index (κ1) is 13.2. The van der Waals surface area contributed by atoms with Gasteiger partial charge in [-0.1, -0.05) is 13.3 Å². The predicted octanol–water partition coefficient (Wildman–Crippen LogP) is 2.07. The molecule has 1 N–H and O–H groups in total. The average Bonchev–Trinajstić information content (AvgIpc) is 2.01. The first-order valence-corrected chi connectivity index (χ1v) is 4.26. The van der Waals surface area contributed by atoms with E-state index in [4.69, 9.17) is 5.11 Å². The molecule has 0 spiro atoms. The second-order valence-electron chi connectivity index (χ2n) is 2.86. The summed E-state index contributed by atoms with van der Waals surface area (Å²) in [5.74, 6) is -4.31. The summed E-state index contributed by atoms with van der Waals surface area (Å²) >= 11 is 0. The molecule has 14 heavy (non-hydrogen) atoms. The van der Waals surface area contributed by atoms with Gasteiger partial charge in [-0.25, -0.2) is 0 Å². The van der Waals surface area contributed by atoms with E-state index in [0.29, 0.717) is 6.42 Å². The van der Waals surface area contributed by atoms with Crippen molar-refractivity contribution in [3.63, 3.8) is 0 Å². The summed E-state index contributed by atoms with van der Waals surface area (Å²) in [7, 11) is 0. The van der Waals surface area contributed by atoms with E-state index in [1.807, 2.05) is 6.92 Å². The molecule has 84 valence electrons. The summed E-state index contributed by atoms with van der Waals surface area (Å²) in [6.07, 6.45) is -3.31. The van der Waals surface area contributed by atoms with Gasteiger partial charge in [-0.15, -0.1) is 0 Å². The maximum atomic E-state index is 12.0. The molecular weight excluding hydrogens is 201 g/mol. The van der Waals surface area contributed by atoms with Crippen molar-refractivity contribution >= 4 is 5.97 Å². The topological polar surface area (TPSA) is 46.5 Å². The third-order valence-electron chi connectivity index (χ3n) is 1.62. The lowest BCUT2D eigenvalue weighted by molar-refractivity contribution is -0.202. The summed E-state index contributed by atoms with van der Waals surface area (Å²) in [5.41, 5.74) is 0. The van der Waals surface area contributed by atoms with Gasteiger partial charge in [-0.2, -0.15) is 13.2 Å². The highest BCUT2D eigenvalue weighted by molar-refractivity contribution is 5.71. The van der Waals surface area contributed by atoms with Crippen LogP contribution in [0.4, 0.5) is 13.2 Å². The van der Waals surface area contributed by atoms with Gasteiger partial charge in [0.2, 0.25) is 0 Å². The number of aliphatic carboxylic acids is 1. The number of unbranched alkanes of at least 4 members (excludes halogenated alkanes) is 1. The monoisotopic (exact) mass is 214 g/mol. The van der Waals surface area contributed by atoms with E-state index in [1.165, 1.54) is 0 Å². The van der Waals surface area contributed by atoms with E-state index in [9.17, 15) is 18.0 Å². The second kappa shape index (κ2) is 5.85. The quantitative estimate of drug-likeness (QED) is 0.688. The van der Waals surface area contributed by atoms with Gasteiger partial charge in [-0.3, -0.25) is 4.79 Å². The lowest BCUT2D eigenvalue weighted by Crippen LogP contribution is -2.34. The fourth-order valence-corrected chi connectivity index (χ4v) is 0.753. The lowest BCUT2D eigenvalue weighted by Gasteiger charge is -2.15. The molecular formula is C8H13F3O3. The van der Waals surface area contributed by atoms with Crippen LogP contribution in [-0.4, -0.2) is 30.5 Å². The number of carboxylic acid groups (broad SMARTS) is 1. The molecule has 0 heterocycles. The summed E-state index contributed by atoms with van der Waals surface area (Å²) in [6, 6.07) is 0. The number of carbonyl (C=O) groups is 1. The molecule has 0 aliphatic heterocycles. The summed E-state index contributed by atoms with van der Waals surface area (Å²) < 4.78 is 40.7. The molecule has 0 fully saturated rings. The number of hydrogen-bond donors (Lipinski definition) is 1. The lowest BCUT2D eigenvalue weighted by atomic mass is 10.1. The van der Waals surface area contributed by atoms with Crippen LogP contribution in [-0.2, 0) is 9.53 Å². The van der Waals surface area contributed by atoms with Gasteiger partial charge >= 0.3 is 12.1 Å². The molecule has 6 heteroatoms. The molecule has 0 aliphatic rings. The van der Waals surface area contributed by atoms with Crippen molar-refractivity contribution in [3.05, 3.63) is 0 Å². The summed E-state index contributed by atoms with van der Waals surface area (Å²) in [6.45, 7) is 1.22. The minimum atomic E-state index is -4.74. The Morgan fingerprint density at radius 3 is 2.43 bits per heavy atom. The highest BCUT2D eigenvalue weighted by atomic mass is 19.4. The van der Waals surface area contributed by atoms with Crippen LogP contribution in [0.15, 0.2) is 0 Å². The van der Waals surface area contributed by atoms with Gasteiger partial charge in [0.25, 0.3) is 0 Å². The Balaban J connectivity index is 3.94. The molecule has 0 radical (unpaired) electrons. The van der Waals surface area contributed by atoms with Gasteiger partial charge < -0.3 is 9.84 Å². The van der Waals surface area contributed by atoms with Gasteiger partial charge in [0.15, 0.2) is 5.92 Å². The minimum absolute atomic E-state index is 0.163. The van der Waals surface area contributed by atoms with Gasteiger partial charge in [0, 0.05) is 6.61 Å². The van der Waals surface area contributed by atoms with Crippen LogP contribution in [0.2, 0.25) is 0 Å². The van der Waals surface area contributed by atoms with Crippen LogP contribution >= 0.6 is 0 Å². The normalized spacial score (nSPS) is 14.0. The van der Waals surface area contributed by atoms with Crippen molar-refractivity contribution in [3.8, 4) is 0 Å². The fourth-order valence-electron chi connectivity index (χ4n) is 0.753. The van der Waals surface area contributed by atoms with Crippen molar-refractivity contribution in [1.29, 1.82) is 0 Å². The zero-order valence-electron chi connectivity index (χ0n) is 7.80. The van der Waals surface area contributed by atoms with Crippen molar-refractivity contribution in [2.75, 3.05) is 13.2 Å². The highest BCUT2D eigenvalue weighted by Crippen LogP contribution is 2.26. The highest BCUT2D eigenvalue weighted by Gasteiger charge is 2.45. The van der Waals surface area contributed by atoms with Crippen LogP contribution in [0.1, 0.15) is 19.8 Å². The molecule has 0 saturated heterocycles. The van der Waals surface area contributed by atoms with E-state index < -0.39 is 24.7 Å². The zero-order valence-corrected chi connectivity index (χ0v) is 7.80. The largest absolute Gasteiger partial charge is 0.481 e. The van der Waals surface area contributed by atoms with Crippen molar-refractivity contribution in [2.24, 2.45) is 5.92 Å². The molecule has 0 rings (SSSR count). The smallest absolute Gasteiger partial charge is 0.404 e. The predicted molar refractivity (Wildman–Crippen MR) is 42.9 cm³/mol. The molecule has 3 nitrogen and oxygen atoms in total. The van der Waals surface area contributed by atoms with Gasteiger partial charge in [-0.05, 0) is 6.42 Å². The maximum Gasteiger partial charge on any atom is 0.404 e. The van der Waals surface area contributed by atoms with Gasteiger partial charge in [0.1, 0.15) is 0 Å². The Labute approximate surface area is 79.9 Å². The molecule has 0 amide bonds. The van der Waals surface area contributed by atoms with E-state index >= 15 is 0 Å². The van der Waals surface area contributed by atoms with E-state index in [-0.39, 0.29) is 6.61 Å². The second-order valence-corrected chi connectivity index (χ2v) is 2.86. The van der Waals surface area contributed by atoms with E-state index in [1.54, 1.807) is 0 Å². The van der Waals surface area contributed by atoms with Crippen LogP contribution in [0.3, 0.4) is 0 Å². The number of hydrogen-bond acceptors (Lipinski definition) is 2. The Morgan fingerprint density at radius 2 is 2.07 bits per heavy atom. The Hall–Kier alpha value is -0.780. The van der Waals surface area contributed by atoms with Crippen LogP contribution < -0.4 is 0 Å². The van der Waals surface area contributed by atoms with Crippen LogP contribution in [0, 0.1) is 5.92 Å². The fraction of sp³-hybridized carbons (Fsp3) is 0.875. The minimum Gasteiger partial charge on any atom is -0.481 e. The number of carboxylic acids is 1. The van der Waals surface area contributed by atoms with Crippen molar-refractivity contribution < 1.29 is 27.8 Å². The Kier molecular flexibility index (Phi) is 5.52. The SMILES string of the molecule is CCCCOCC(C(=O)O)C(F)(F)F.